The van der Waals surface area contributed by atoms with Gasteiger partial charge < -0.3 is 25.9 Å². The molecule has 0 spiro atoms. The molecule has 136 valence electrons. The van der Waals surface area contributed by atoms with E-state index < -0.39 is 35.7 Å². The molecular formula is C14H20F3N3O4. The zero-order chi connectivity index (χ0) is 18.5. The van der Waals surface area contributed by atoms with Gasteiger partial charge in [-0.25, -0.2) is 0 Å². The Kier molecular flexibility index (Phi) is 6.79. The molecule has 0 saturated carbocycles. The molecule has 7 nitrogen and oxygen atoms in total. The van der Waals surface area contributed by atoms with Crippen LogP contribution >= 0.6 is 0 Å². The SMILES string of the molecule is Cc1occ(C(F)(F)F)c1CCNC(=O)[C@H](NC(=O)CN)[C@H](C)O. The second kappa shape index (κ2) is 8.15. The second-order valence-electron chi connectivity index (χ2n) is 5.21. The highest BCUT2D eigenvalue weighted by atomic mass is 19.4. The van der Waals surface area contributed by atoms with Gasteiger partial charge in [-0.15, -0.1) is 0 Å². The van der Waals surface area contributed by atoms with E-state index in [0.717, 1.165) is 0 Å². The average Bonchev–Trinajstić information content (AvgIpc) is 2.85. The van der Waals surface area contributed by atoms with E-state index in [0.29, 0.717) is 6.26 Å². The van der Waals surface area contributed by atoms with Gasteiger partial charge in [-0.05, 0) is 20.3 Å². The standard InChI is InChI=1S/C14H20F3N3O4/c1-7(21)12(20-11(22)5-18)13(23)19-4-3-9-8(2)24-6-10(9)14(15,16)17/h6-7,12,21H,3-5,18H2,1-2H3,(H,19,23)(H,20,22)/t7-,12+/m0/s1. The molecule has 5 N–H and O–H groups in total. The molecule has 0 aromatic carbocycles. The number of carbonyl (C=O) groups is 2. The van der Waals surface area contributed by atoms with Crippen molar-refractivity contribution >= 4 is 11.8 Å². The Bertz CT molecular complexity index is 584. The first kappa shape index (κ1) is 20.0. The van der Waals surface area contributed by atoms with Gasteiger partial charge >= 0.3 is 6.18 Å². The fourth-order valence-corrected chi connectivity index (χ4v) is 2.09. The highest BCUT2D eigenvalue weighted by Crippen LogP contribution is 2.34. The molecule has 1 aromatic heterocycles. The predicted molar refractivity (Wildman–Crippen MR) is 77.8 cm³/mol. The third kappa shape index (κ3) is 5.24. The zero-order valence-electron chi connectivity index (χ0n) is 13.2. The van der Waals surface area contributed by atoms with Crippen LogP contribution in [-0.2, 0) is 22.2 Å². The van der Waals surface area contributed by atoms with E-state index in [9.17, 15) is 27.9 Å². The molecule has 0 aliphatic carbocycles. The van der Waals surface area contributed by atoms with Gasteiger partial charge in [0.2, 0.25) is 11.8 Å². The molecule has 10 heteroatoms. The van der Waals surface area contributed by atoms with E-state index in [2.05, 4.69) is 10.6 Å². The van der Waals surface area contributed by atoms with Crippen molar-refractivity contribution in [2.24, 2.45) is 5.73 Å². The van der Waals surface area contributed by atoms with Gasteiger partial charge in [0.15, 0.2) is 0 Å². The van der Waals surface area contributed by atoms with Crippen LogP contribution < -0.4 is 16.4 Å². The van der Waals surface area contributed by atoms with Crippen molar-refractivity contribution in [2.75, 3.05) is 13.1 Å². The van der Waals surface area contributed by atoms with Crippen molar-refractivity contribution in [1.29, 1.82) is 0 Å². The number of furan rings is 1. The molecular weight excluding hydrogens is 331 g/mol. The molecule has 24 heavy (non-hydrogen) atoms. The minimum Gasteiger partial charge on any atom is -0.469 e. The maximum absolute atomic E-state index is 12.8. The number of aryl methyl sites for hydroxylation is 1. The third-order valence-electron chi connectivity index (χ3n) is 3.35. The number of hydrogen-bond donors (Lipinski definition) is 4. The number of rotatable bonds is 7. The Balaban J connectivity index is 2.68. The molecule has 0 saturated heterocycles. The Morgan fingerprint density at radius 3 is 2.54 bits per heavy atom. The molecule has 0 unspecified atom stereocenters. The number of alkyl halides is 3. The smallest absolute Gasteiger partial charge is 0.419 e. The lowest BCUT2D eigenvalue weighted by Crippen LogP contribution is -2.53. The number of aliphatic hydroxyl groups excluding tert-OH is 1. The van der Waals surface area contributed by atoms with Crippen LogP contribution in [0.4, 0.5) is 13.2 Å². The molecule has 1 rings (SSSR count). The van der Waals surface area contributed by atoms with Gasteiger partial charge in [0.25, 0.3) is 0 Å². The summed E-state index contributed by atoms with van der Waals surface area (Å²) in [5.41, 5.74) is 4.17. The third-order valence-corrected chi connectivity index (χ3v) is 3.35. The monoisotopic (exact) mass is 351 g/mol. The molecule has 2 amide bonds. The molecule has 0 aliphatic rings. The summed E-state index contributed by atoms with van der Waals surface area (Å²) in [5, 5.41) is 14.1. The topological polar surface area (TPSA) is 118 Å². The van der Waals surface area contributed by atoms with Crippen molar-refractivity contribution in [1.82, 2.24) is 10.6 Å². The summed E-state index contributed by atoms with van der Waals surface area (Å²) in [4.78, 5) is 23.2. The predicted octanol–water partition coefficient (Wildman–Crippen LogP) is 0.0898. The van der Waals surface area contributed by atoms with Gasteiger partial charge in [-0.1, -0.05) is 0 Å². The van der Waals surface area contributed by atoms with E-state index in [4.69, 9.17) is 10.2 Å². The van der Waals surface area contributed by atoms with Crippen molar-refractivity contribution in [3.8, 4) is 0 Å². The van der Waals surface area contributed by atoms with Crippen molar-refractivity contribution < 1.29 is 32.3 Å². The van der Waals surface area contributed by atoms with Gasteiger partial charge in [0.05, 0.1) is 18.2 Å². The lowest BCUT2D eigenvalue weighted by atomic mass is 10.1. The Hall–Kier alpha value is -2.07. The van der Waals surface area contributed by atoms with E-state index >= 15 is 0 Å². The fraction of sp³-hybridized carbons (Fsp3) is 0.571. The largest absolute Gasteiger partial charge is 0.469 e. The van der Waals surface area contributed by atoms with Crippen LogP contribution in [0.15, 0.2) is 10.7 Å². The highest BCUT2D eigenvalue weighted by Gasteiger charge is 2.36. The normalized spacial score (nSPS) is 14.1. The Morgan fingerprint density at radius 1 is 1.42 bits per heavy atom. The van der Waals surface area contributed by atoms with Crippen LogP contribution in [0.3, 0.4) is 0 Å². The summed E-state index contributed by atoms with van der Waals surface area (Å²) in [6, 6.07) is -1.24. The lowest BCUT2D eigenvalue weighted by Gasteiger charge is -2.20. The second-order valence-corrected chi connectivity index (χ2v) is 5.21. The molecule has 0 radical (unpaired) electrons. The van der Waals surface area contributed by atoms with Crippen LogP contribution in [0.5, 0.6) is 0 Å². The van der Waals surface area contributed by atoms with E-state index in [1.54, 1.807) is 0 Å². The molecule has 2 atom stereocenters. The van der Waals surface area contributed by atoms with E-state index in [1.165, 1.54) is 13.8 Å². The van der Waals surface area contributed by atoms with Gasteiger partial charge in [0.1, 0.15) is 18.1 Å². The maximum atomic E-state index is 12.8. The minimum atomic E-state index is -4.55. The number of carbonyl (C=O) groups excluding carboxylic acids is 2. The first-order valence-electron chi connectivity index (χ1n) is 7.17. The summed E-state index contributed by atoms with van der Waals surface area (Å²) < 4.78 is 43.3. The number of hydrogen-bond acceptors (Lipinski definition) is 5. The van der Waals surface area contributed by atoms with Crippen molar-refractivity contribution in [3.63, 3.8) is 0 Å². The summed E-state index contributed by atoms with van der Waals surface area (Å²) in [7, 11) is 0. The Morgan fingerprint density at radius 2 is 2.04 bits per heavy atom. The fourth-order valence-electron chi connectivity index (χ4n) is 2.09. The van der Waals surface area contributed by atoms with Crippen molar-refractivity contribution in [3.05, 3.63) is 23.2 Å². The molecule has 0 bridgehead atoms. The number of nitrogens with two attached hydrogens (primary N) is 1. The zero-order valence-corrected chi connectivity index (χ0v) is 13.2. The minimum absolute atomic E-state index is 0.0533. The van der Waals surface area contributed by atoms with Crippen molar-refractivity contribution in [2.45, 2.75) is 38.6 Å². The summed E-state index contributed by atoms with van der Waals surface area (Å²) in [5.74, 6) is -1.25. The van der Waals surface area contributed by atoms with Crippen LogP contribution in [0.2, 0.25) is 0 Å². The van der Waals surface area contributed by atoms with Crippen LogP contribution in [0, 0.1) is 6.92 Å². The van der Waals surface area contributed by atoms with Gasteiger partial charge in [-0.3, -0.25) is 9.59 Å². The van der Waals surface area contributed by atoms with E-state index in [-0.39, 0.29) is 30.8 Å². The average molecular weight is 351 g/mol. The van der Waals surface area contributed by atoms with Gasteiger partial charge in [0, 0.05) is 12.1 Å². The summed E-state index contributed by atoms with van der Waals surface area (Å²) >= 11 is 0. The maximum Gasteiger partial charge on any atom is 0.419 e. The Labute approximate surface area is 136 Å². The lowest BCUT2D eigenvalue weighted by molar-refractivity contribution is -0.138. The first-order valence-corrected chi connectivity index (χ1v) is 7.17. The van der Waals surface area contributed by atoms with Crippen LogP contribution in [0.1, 0.15) is 23.8 Å². The number of amides is 2. The highest BCUT2D eigenvalue weighted by molar-refractivity contribution is 5.88. The van der Waals surface area contributed by atoms with E-state index in [1.807, 2.05) is 0 Å². The quantitative estimate of drug-likeness (QED) is 0.555. The molecule has 0 aliphatic heterocycles. The summed E-state index contributed by atoms with van der Waals surface area (Å²) in [6.45, 7) is 2.21. The number of aliphatic hydroxyl groups is 1. The van der Waals surface area contributed by atoms with Gasteiger partial charge in [-0.2, -0.15) is 13.2 Å². The van der Waals surface area contributed by atoms with Crippen LogP contribution in [0.25, 0.3) is 0 Å². The van der Waals surface area contributed by atoms with Crippen LogP contribution in [-0.4, -0.2) is 42.2 Å². The molecule has 0 fully saturated rings. The number of nitrogens with one attached hydrogen (secondary N) is 2. The molecule has 1 heterocycles. The molecule has 1 aromatic rings. The summed E-state index contributed by atoms with van der Waals surface area (Å²) in [6.07, 6.45) is -5.22. The first-order chi connectivity index (χ1) is 11.1. The number of halogens is 3.